The summed E-state index contributed by atoms with van der Waals surface area (Å²) in [6.07, 6.45) is 8.96. The Balaban J connectivity index is 2.69. The molecule has 0 atom stereocenters. The van der Waals surface area contributed by atoms with Crippen LogP contribution in [0.3, 0.4) is 0 Å². The predicted octanol–water partition coefficient (Wildman–Crippen LogP) is 3.72. The van der Waals surface area contributed by atoms with E-state index in [1.165, 1.54) is 0 Å². The number of hydrogen-bond donors (Lipinski definition) is 1. The molecule has 0 aliphatic carbocycles. The highest BCUT2D eigenvalue weighted by Gasteiger charge is 1.87. The van der Waals surface area contributed by atoms with E-state index in [0.29, 0.717) is 0 Å². The molecule has 0 saturated heterocycles. The van der Waals surface area contributed by atoms with E-state index < -0.39 is 0 Å². The van der Waals surface area contributed by atoms with Crippen LogP contribution in [0.15, 0.2) is 60.4 Å². The zero-order valence-corrected chi connectivity index (χ0v) is 8.22. The minimum absolute atomic E-state index is 0.259. The Morgan fingerprint density at radius 3 is 2.50 bits per heavy atom. The molecule has 72 valence electrons. The molecule has 0 saturated carbocycles. The summed E-state index contributed by atoms with van der Waals surface area (Å²) < 4.78 is 0. The zero-order chi connectivity index (χ0) is 10.2. The van der Waals surface area contributed by atoms with Crippen molar-refractivity contribution < 1.29 is 5.11 Å². The van der Waals surface area contributed by atoms with Crippen molar-refractivity contribution in [3.05, 3.63) is 66.0 Å². The lowest BCUT2D eigenvalue weighted by molar-refractivity contribution is 0.437. The highest BCUT2D eigenvalue weighted by Crippen LogP contribution is 2.05. The summed E-state index contributed by atoms with van der Waals surface area (Å²) in [6.45, 7) is 1.93. The standard InChI is InChI=1S/C13H14O/c1-2-3-5-10-13(14)11-12-8-6-4-7-9-12/h2-11,14H,1H3. The maximum absolute atomic E-state index is 9.47. The molecule has 0 heterocycles. The summed E-state index contributed by atoms with van der Waals surface area (Å²) in [5.41, 5.74) is 0.995. The molecule has 1 heteroatoms. The Morgan fingerprint density at radius 1 is 1.14 bits per heavy atom. The quantitative estimate of drug-likeness (QED) is 0.563. The summed E-state index contributed by atoms with van der Waals surface area (Å²) >= 11 is 0. The van der Waals surface area contributed by atoms with Crippen LogP contribution in [-0.2, 0) is 0 Å². The Bertz CT molecular complexity index is 345. The summed E-state index contributed by atoms with van der Waals surface area (Å²) in [5.74, 6) is 0.259. The molecular formula is C13H14O. The minimum Gasteiger partial charge on any atom is -0.508 e. The second kappa shape index (κ2) is 5.81. The number of aliphatic hydroxyl groups excluding tert-OH is 1. The largest absolute Gasteiger partial charge is 0.508 e. The highest BCUT2D eigenvalue weighted by molar-refractivity contribution is 5.53. The van der Waals surface area contributed by atoms with Crippen LogP contribution in [0.1, 0.15) is 12.5 Å². The van der Waals surface area contributed by atoms with Crippen molar-refractivity contribution in [1.82, 2.24) is 0 Å². The van der Waals surface area contributed by atoms with E-state index in [2.05, 4.69) is 0 Å². The third-order valence-corrected chi connectivity index (χ3v) is 1.68. The van der Waals surface area contributed by atoms with Crippen molar-refractivity contribution in [2.24, 2.45) is 0 Å². The van der Waals surface area contributed by atoms with Gasteiger partial charge in [-0.25, -0.2) is 0 Å². The molecule has 0 spiro atoms. The van der Waals surface area contributed by atoms with Crippen molar-refractivity contribution >= 4 is 6.08 Å². The average molecular weight is 186 g/mol. The van der Waals surface area contributed by atoms with Gasteiger partial charge in [-0.15, -0.1) is 0 Å². The summed E-state index contributed by atoms with van der Waals surface area (Å²) in [5, 5.41) is 9.47. The van der Waals surface area contributed by atoms with Crippen molar-refractivity contribution in [2.75, 3.05) is 0 Å². The number of benzene rings is 1. The molecule has 0 unspecified atom stereocenters. The smallest absolute Gasteiger partial charge is 0.116 e. The van der Waals surface area contributed by atoms with Gasteiger partial charge in [-0.05, 0) is 24.6 Å². The first-order valence-corrected chi connectivity index (χ1v) is 4.58. The van der Waals surface area contributed by atoms with Crippen LogP contribution in [0, 0.1) is 0 Å². The Labute approximate surface area is 84.7 Å². The first-order valence-electron chi connectivity index (χ1n) is 4.58. The van der Waals surface area contributed by atoms with Crippen LogP contribution in [0.2, 0.25) is 0 Å². The molecule has 0 fully saturated rings. The van der Waals surface area contributed by atoms with Gasteiger partial charge in [0.15, 0.2) is 0 Å². The molecule has 0 aliphatic rings. The van der Waals surface area contributed by atoms with Gasteiger partial charge in [0, 0.05) is 0 Å². The molecule has 0 amide bonds. The van der Waals surface area contributed by atoms with Crippen molar-refractivity contribution in [2.45, 2.75) is 6.92 Å². The van der Waals surface area contributed by atoms with Gasteiger partial charge in [0.2, 0.25) is 0 Å². The van der Waals surface area contributed by atoms with Crippen LogP contribution in [0.5, 0.6) is 0 Å². The van der Waals surface area contributed by atoms with E-state index >= 15 is 0 Å². The van der Waals surface area contributed by atoms with E-state index in [-0.39, 0.29) is 5.76 Å². The lowest BCUT2D eigenvalue weighted by Gasteiger charge is -1.92. The van der Waals surface area contributed by atoms with Crippen LogP contribution >= 0.6 is 0 Å². The molecule has 0 bridgehead atoms. The van der Waals surface area contributed by atoms with E-state index in [4.69, 9.17) is 0 Å². The fourth-order valence-corrected chi connectivity index (χ4v) is 1.03. The lowest BCUT2D eigenvalue weighted by Crippen LogP contribution is -1.75. The monoisotopic (exact) mass is 186 g/mol. The Hall–Kier alpha value is -1.76. The van der Waals surface area contributed by atoms with Crippen LogP contribution in [-0.4, -0.2) is 5.11 Å². The maximum atomic E-state index is 9.47. The molecule has 0 aliphatic heterocycles. The molecule has 1 aromatic carbocycles. The Morgan fingerprint density at radius 2 is 1.86 bits per heavy atom. The van der Waals surface area contributed by atoms with Gasteiger partial charge in [0.1, 0.15) is 5.76 Å². The molecule has 1 rings (SSSR count). The second-order valence-corrected chi connectivity index (χ2v) is 2.86. The molecule has 0 radical (unpaired) electrons. The van der Waals surface area contributed by atoms with Gasteiger partial charge in [-0.1, -0.05) is 48.6 Å². The van der Waals surface area contributed by atoms with Gasteiger partial charge in [-0.2, -0.15) is 0 Å². The SMILES string of the molecule is CC=CC=CC(O)=Cc1ccccc1. The molecule has 14 heavy (non-hydrogen) atoms. The molecule has 0 aromatic heterocycles. The fraction of sp³-hybridized carbons (Fsp3) is 0.0769. The van der Waals surface area contributed by atoms with E-state index in [0.717, 1.165) is 5.56 Å². The van der Waals surface area contributed by atoms with Crippen LogP contribution in [0.25, 0.3) is 6.08 Å². The minimum atomic E-state index is 0.259. The van der Waals surface area contributed by atoms with Crippen LogP contribution < -0.4 is 0 Å². The van der Waals surface area contributed by atoms with E-state index in [1.54, 1.807) is 18.2 Å². The van der Waals surface area contributed by atoms with Crippen molar-refractivity contribution in [1.29, 1.82) is 0 Å². The first-order chi connectivity index (χ1) is 6.83. The van der Waals surface area contributed by atoms with E-state index in [9.17, 15) is 5.11 Å². The van der Waals surface area contributed by atoms with Crippen molar-refractivity contribution in [3.63, 3.8) is 0 Å². The molecule has 1 nitrogen and oxygen atoms in total. The fourth-order valence-electron chi connectivity index (χ4n) is 1.03. The van der Waals surface area contributed by atoms with Gasteiger partial charge < -0.3 is 5.11 Å². The predicted molar refractivity (Wildman–Crippen MR) is 61.0 cm³/mol. The van der Waals surface area contributed by atoms with Crippen molar-refractivity contribution in [3.8, 4) is 0 Å². The Kier molecular flexibility index (Phi) is 4.29. The summed E-state index contributed by atoms with van der Waals surface area (Å²) in [4.78, 5) is 0. The summed E-state index contributed by atoms with van der Waals surface area (Å²) in [6, 6.07) is 9.72. The maximum Gasteiger partial charge on any atom is 0.116 e. The highest BCUT2D eigenvalue weighted by atomic mass is 16.3. The van der Waals surface area contributed by atoms with E-state index in [1.807, 2.05) is 49.4 Å². The topological polar surface area (TPSA) is 20.2 Å². The van der Waals surface area contributed by atoms with Crippen LogP contribution in [0.4, 0.5) is 0 Å². The second-order valence-electron chi connectivity index (χ2n) is 2.86. The first kappa shape index (κ1) is 10.3. The van der Waals surface area contributed by atoms with Gasteiger partial charge >= 0.3 is 0 Å². The average Bonchev–Trinajstić information content (AvgIpc) is 2.20. The molecule has 1 aromatic rings. The van der Waals surface area contributed by atoms with Gasteiger partial charge in [0.25, 0.3) is 0 Å². The van der Waals surface area contributed by atoms with Gasteiger partial charge in [0.05, 0.1) is 0 Å². The van der Waals surface area contributed by atoms with Gasteiger partial charge in [-0.3, -0.25) is 0 Å². The third kappa shape index (κ3) is 3.76. The molecule has 1 N–H and O–H groups in total. The number of allylic oxidation sites excluding steroid dienone is 4. The third-order valence-electron chi connectivity index (χ3n) is 1.68. The number of rotatable bonds is 3. The molecular weight excluding hydrogens is 172 g/mol. The normalized spacial score (nSPS) is 12.8. The lowest BCUT2D eigenvalue weighted by atomic mass is 10.2. The number of hydrogen-bond acceptors (Lipinski definition) is 1. The number of aliphatic hydroxyl groups is 1. The summed E-state index contributed by atoms with van der Waals surface area (Å²) in [7, 11) is 0. The zero-order valence-electron chi connectivity index (χ0n) is 8.22.